The van der Waals surface area contributed by atoms with Gasteiger partial charge in [0.05, 0.1) is 18.8 Å². The molecule has 2 rings (SSSR count). The Morgan fingerprint density at radius 1 is 0.758 bits per heavy atom. The van der Waals surface area contributed by atoms with Gasteiger partial charge in [-0.15, -0.1) is 0 Å². The van der Waals surface area contributed by atoms with Crippen LogP contribution < -0.4 is 5.48 Å². The Labute approximate surface area is 194 Å². The summed E-state index contributed by atoms with van der Waals surface area (Å²) in [5.74, 6) is -1.38. The van der Waals surface area contributed by atoms with Gasteiger partial charge in [-0.25, -0.2) is 5.48 Å². The molecule has 0 unspecified atom stereocenters. The fraction of sp³-hybridized carbons (Fsp3) is 0.385. The Morgan fingerprint density at radius 2 is 1.24 bits per heavy atom. The van der Waals surface area contributed by atoms with E-state index in [-0.39, 0.29) is 41.5 Å². The first-order valence-corrected chi connectivity index (χ1v) is 10.7. The summed E-state index contributed by atoms with van der Waals surface area (Å²) in [5, 5.41) is 8.83. The molecule has 0 heterocycles. The van der Waals surface area contributed by atoms with Gasteiger partial charge in [0.15, 0.2) is 17.3 Å². The standard InChI is InChI=1S/C26H31NO6/c1-25(2,3)22(30)17-9-7-16(8-10-17)21(29)20-15-18(23(31)26(4,5)6)11-12-19(20)24(32)27-33-14-13-28/h7-12,15,28H,13-14H2,1-6H3,(H,27,32). The van der Waals surface area contributed by atoms with Gasteiger partial charge in [-0.1, -0.05) is 71.9 Å². The van der Waals surface area contributed by atoms with Crippen LogP contribution in [0.15, 0.2) is 42.5 Å². The molecule has 0 aliphatic heterocycles. The number of hydrogen-bond donors (Lipinski definition) is 2. The van der Waals surface area contributed by atoms with Gasteiger partial charge >= 0.3 is 0 Å². The molecule has 0 spiro atoms. The molecule has 0 bridgehead atoms. The minimum absolute atomic E-state index is 0.0262. The predicted octanol–water partition coefficient (Wildman–Crippen LogP) is 4.03. The number of aliphatic hydroxyl groups is 1. The maximum absolute atomic E-state index is 13.3. The summed E-state index contributed by atoms with van der Waals surface area (Å²) in [6.45, 7) is 10.4. The summed E-state index contributed by atoms with van der Waals surface area (Å²) in [6, 6.07) is 10.5. The normalized spacial score (nSPS) is 11.7. The van der Waals surface area contributed by atoms with Crippen molar-refractivity contribution >= 4 is 23.3 Å². The lowest BCUT2D eigenvalue weighted by Crippen LogP contribution is -2.28. The number of carbonyl (C=O) groups excluding carboxylic acids is 4. The van der Waals surface area contributed by atoms with E-state index in [1.807, 2.05) is 20.8 Å². The van der Waals surface area contributed by atoms with Crippen molar-refractivity contribution in [2.75, 3.05) is 13.2 Å². The molecule has 0 aromatic heterocycles. The highest BCUT2D eigenvalue weighted by Gasteiger charge is 2.27. The van der Waals surface area contributed by atoms with Crippen LogP contribution in [0.5, 0.6) is 0 Å². The number of hydroxylamine groups is 1. The molecule has 1 amide bonds. The van der Waals surface area contributed by atoms with Crippen LogP contribution in [0, 0.1) is 10.8 Å². The minimum atomic E-state index is -0.680. The average molecular weight is 454 g/mol. The van der Waals surface area contributed by atoms with E-state index < -0.39 is 22.5 Å². The molecular weight excluding hydrogens is 422 g/mol. The third-order valence-corrected chi connectivity index (χ3v) is 4.90. The Hall–Kier alpha value is -3.16. The first-order chi connectivity index (χ1) is 15.3. The molecule has 0 fully saturated rings. The van der Waals surface area contributed by atoms with E-state index in [9.17, 15) is 19.2 Å². The molecule has 7 nitrogen and oxygen atoms in total. The zero-order chi connectivity index (χ0) is 25.0. The van der Waals surface area contributed by atoms with Crippen LogP contribution in [-0.2, 0) is 4.84 Å². The van der Waals surface area contributed by atoms with Crippen molar-refractivity contribution in [1.82, 2.24) is 5.48 Å². The minimum Gasteiger partial charge on any atom is -0.394 e. The van der Waals surface area contributed by atoms with Crippen LogP contribution in [-0.4, -0.2) is 41.6 Å². The maximum atomic E-state index is 13.3. The quantitative estimate of drug-likeness (QED) is 0.355. The van der Waals surface area contributed by atoms with Crippen LogP contribution in [0.3, 0.4) is 0 Å². The van der Waals surface area contributed by atoms with Gasteiger partial charge in [-0.3, -0.25) is 24.0 Å². The SMILES string of the molecule is CC(C)(C)C(=O)c1ccc(C(=O)c2cc(C(=O)C(C)(C)C)ccc2C(=O)NOCCO)cc1. The summed E-state index contributed by atoms with van der Waals surface area (Å²) in [4.78, 5) is 56.1. The predicted molar refractivity (Wildman–Crippen MR) is 124 cm³/mol. The number of aliphatic hydroxyl groups excluding tert-OH is 1. The molecule has 2 N–H and O–H groups in total. The van der Waals surface area contributed by atoms with Crippen molar-refractivity contribution in [3.8, 4) is 0 Å². The van der Waals surface area contributed by atoms with Gasteiger partial charge < -0.3 is 5.11 Å². The van der Waals surface area contributed by atoms with Crippen molar-refractivity contribution in [3.05, 3.63) is 70.3 Å². The summed E-state index contributed by atoms with van der Waals surface area (Å²) < 4.78 is 0. The Balaban J connectivity index is 2.49. The number of amides is 1. The molecule has 176 valence electrons. The number of ketones is 3. The molecule has 0 saturated carbocycles. The molecule has 2 aromatic rings. The third kappa shape index (κ3) is 6.43. The van der Waals surface area contributed by atoms with Crippen LogP contribution in [0.2, 0.25) is 0 Å². The van der Waals surface area contributed by atoms with Crippen LogP contribution in [0.1, 0.15) is 88.5 Å². The third-order valence-electron chi connectivity index (χ3n) is 4.90. The second-order valence-electron chi connectivity index (χ2n) is 9.83. The van der Waals surface area contributed by atoms with E-state index >= 15 is 0 Å². The lowest BCUT2D eigenvalue weighted by atomic mass is 9.84. The molecule has 2 aromatic carbocycles. The smallest absolute Gasteiger partial charge is 0.275 e. The van der Waals surface area contributed by atoms with Crippen molar-refractivity contribution in [2.45, 2.75) is 41.5 Å². The number of hydrogen-bond acceptors (Lipinski definition) is 6. The molecule has 33 heavy (non-hydrogen) atoms. The maximum Gasteiger partial charge on any atom is 0.275 e. The van der Waals surface area contributed by atoms with Gasteiger partial charge in [0, 0.05) is 33.1 Å². The number of benzene rings is 2. The van der Waals surface area contributed by atoms with E-state index in [1.54, 1.807) is 32.9 Å². The molecular formula is C26H31NO6. The monoisotopic (exact) mass is 453 g/mol. The first-order valence-electron chi connectivity index (χ1n) is 10.7. The molecule has 7 heteroatoms. The summed E-state index contributed by atoms with van der Waals surface area (Å²) in [7, 11) is 0. The molecule has 0 aliphatic carbocycles. The van der Waals surface area contributed by atoms with Gasteiger partial charge in [0.2, 0.25) is 0 Å². The molecule has 0 atom stereocenters. The molecule has 0 aliphatic rings. The van der Waals surface area contributed by atoms with Crippen molar-refractivity contribution in [3.63, 3.8) is 0 Å². The molecule has 0 radical (unpaired) electrons. The number of Topliss-reactive ketones (excluding diaryl/α,β-unsaturated/α-hetero) is 2. The van der Waals surface area contributed by atoms with Crippen LogP contribution in [0.4, 0.5) is 0 Å². The second kappa shape index (κ2) is 10.2. The van der Waals surface area contributed by atoms with Crippen molar-refractivity contribution in [1.29, 1.82) is 0 Å². The number of rotatable bonds is 8. The van der Waals surface area contributed by atoms with Crippen LogP contribution in [0.25, 0.3) is 0 Å². The topological polar surface area (TPSA) is 110 Å². The van der Waals surface area contributed by atoms with Gasteiger partial charge in [0.25, 0.3) is 5.91 Å². The number of nitrogens with one attached hydrogen (secondary N) is 1. The Morgan fingerprint density at radius 3 is 1.76 bits per heavy atom. The summed E-state index contributed by atoms with van der Waals surface area (Å²) >= 11 is 0. The van der Waals surface area contributed by atoms with E-state index in [0.717, 1.165) is 0 Å². The van der Waals surface area contributed by atoms with E-state index in [4.69, 9.17) is 9.94 Å². The van der Waals surface area contributed by atoms with Crippen molar-refractivity contribution in [2.24, 2.45) is 10.8 Å². The fourth-order valence-electron chi connectivity index (χ4n) is 3.08. The summed E-state index contributed by atoms with van der Waals surface area (Å²) in [6.07, 6.45) is 0. The van der Waals surface area contributed by atoms with E-state index in [0.29, 0.717) is 11.1 Å². The Bertz CT molecular complexity index is 1060. The van der Waals surface area contributed by atoms with E-state index in [2.05, 4.69) is 5.48 Å². The zero-order valence-corrected chi connectivity index (χ0v) is 19.9. The summed E-state index contributed by atoms with van der Waals surface area (Å²) in [5.41, 5.74) is 2.06. The molecule has 0 saturated heterocycles. The Kier molecular flexibility index (Phi) is 8.06. The largest absolute Gasteiger partial charge is 0.394 e. The number of carbonyl (C=O) groups is 4. The highest BCUT2D eigenvalue weighted by atomic mass is 16.7. The van der Waals surface area contributed by atoms with Crippen molar-refractivity contribution < 1.29 is 29.1 Å². The highest BCUT2D eigenvalue weighted by Crippen LogP contribution is 2.25. The van der Waals surface area contributed by atoms with E-state index in [1.165, 1.54) is 30.3 Å². The van der Waals surface area contributed by atoms with Gasteiger partial charge in [-0.2, -0.15) is 0 Å². The fourth-order valence-corrected chi connectivity index (χ4v) is 3.08. The second-order valence-corrected chi connectivity index (χ2v) is 9.83. The zero-order valence-electron chi connectivity index (χ0n) is 19.9. The van der Waals surface area contributed by atoms with Gasteiger partial charge in [-0.05, 0) is 12.1 Å². The van der Waals surface area contributed by atoms with Gasteiger partial charge in [0.1, 0.15) is 0 Å². The average Bonchev–Trinajstić information content (AvgIpc) is 2.76. The lowest BCUT2D eigenvalue weighted by Gasteiger charge is -2.18. The first kappa shape index (κ1) is 26.1. The van der Waals surface area contributed by atoms with Crippen LogP contribution >= 0.6 is 0 Å². The highest BCUT2D eigenvalue weighted by molar-refractivity contribution is 6.16. The lowest BCUT2D eigenvalue weighted by molar-refractivity contribution is 0.0167.